The van der Waals surface area contributed by atoms with Gasteiger partial charge in [0.15, 0.2) is 0 Å². The quantitative estimate of drug-likeness (QED) is 0.475. The number of hydrogen-bond donors (Lipinski definition) is 1. The van der Waals surface area contributed by atoms with Gasteiger partial charge in [0.1, 0.15) is 17.0 Å². The van der Waals surface area contributed by atoms with Crippen LogP contribution in [0.25, 0.3) is 22.1 Å². The number of pyridine rings is 1. The van der Waals surface area contributed by atoms with Crippen molar-refractivity contribution in [2.45, 2.75) is 32.0 Å². The Morgan fingerprint density at radius 3 is 2.68 bits per heavy atom. The van der Waals surface area contributed by atoms with E-state index in [4.69, 9.17) is 4.98 Å². The summed E-state index contributed by atoms with van der Waals surface area (Å²) in [6, 6.07) is 15.3. The third-order valence-electron chi connectivity index (χ3n) is 6.34. The molecular weight excluding hydrogens is 386 g/mol. The number of hydrogen-bond acceptors (Lipinski definition) is 4. The summed E-state index contributed by atoms with van der Waals surface area (Å²) >= 11 is 0. The van der Waals surface area contributed by atoms with E-state index in [1.54, 1.807) is 0 Å². The van der Waals surface area contributed by atoms with Gasteiger partial charge >= 0.3 is 0 Å². The third-order valence-corrected chi connectivity index (χ3v) is 6.34. The summed E-state index contributed by atoms with van der Waals surface area (Å²) in [6.07, 6.45) is 9.89. The largest absolute Gasteiger partial charge is 0.346 e. The number of nitrogens with one attached hydrogen (secondary N) is 1. The summed E-state index contributed by atoms with van der Waals surface area (Å²) in [5.41, 5.74) is 4.45. The molecule has 1 N–H and O–H groups in total. The number of H-pyrrole nitrogens is 1. The minimum atomic E-state index is 0.420. The molecule has 7 nitrogen and oxygen atoms in total. The number of nitrogens with zero attached hydrogens (tertiary/aromatic N) is 6. The molecule has 4 aromatic heterocycles. The second-order valence-electron chi connectivity index (χ2n) is 8.33. The van der Waals surface area contributed by atoms with Crippen LogP contribution in [0.2, 0.25) is 0 Å². The lowest BCUT2D eigenvalue weighted by atomic mass is 10.0. The summed E-state index contributed by atoms with van der Waals surface area (Å²) in [5, 5.41) is 5.55. The van der Waals surface area contributed by atoms with Crippen LogP contribution < -0.4 is 0 Å². The van der Waals surface area contributed by atoms with Gasteiger partial charge in [-0.2, -0.15) is 5.10 Å². The highest BCUT2D eigenvalue weighted by atomic mass is 15.3. The van der Waals surface area contributed by atoms with E-state index in [-0.39, 0.29) is 0 Å². The summed E-state index contributed by atoms with van der Waals surface area (Å²) < 4.78 is 4.42. The smallest absolute Gasteiger partial charge is 0.139 e. The topological polar surface area (TPSA) is 67.6 Å². The molecule has 0 atom stereocenters. The first-order valence-corrected chi connectivity index (χ1v) is 10.9. The fraction of sp³-hybridized carbons (Fsp3) is 0.292. The fourth-order valence-corrected chi connectivity index (χ4v) is 4.86. The molecule has 5 aromatic rings. The third kappa shape index (κ3) is 3.41. The van der Waals surface area contributed by atoms with Crippen LogP contribution in [0.4, 0.5) is 0 Å². The number of aromatic amines is 1. The van der Waals surface area contributed by atoms with E-state index in [9.17, 15) is 0 Å². The zero-order chi connectivity index (χ0) is 20.6. The normalized spacial score (nSPS) is 15.9. The van der Waals surface area contributed by atoms with Gasteiger partial charge in [0.05, 0.1) is 18.3 Å². The molecule has 31 heavy (non-hydrogen) atoms. The van der Waals surface area contributed by atoms with Gasteiger partial charge in [-0.3, -0.25) is 9.58 Å². The molecule has 0 spiro atoms. The molecule has 1 saturated heterocycles. The van der Waals surface area contributed by atoms with Gasteiger partial charge in [-0.25, -0.2) is 9.97 Å². The van der Waals surface area contributed by atoms with Gasteiger partial charge in [0, 0.05) is 49.7 Å². The van der Waals surface area contributed by atoms with Crippen molar-refractivity contribution in [3.05, 3.63) is 78.6 Å². The molecule has 0 bridgehead atoms. The maximum absolute atomic E-state index is 4.99. The minimum absolute atomic E-state index is 0.420. The number of piperidine rings is 1. The molecule has 0 aliphatic carbocycles. The molecule has 6 rings (SSSR count). The van der Waals surface area contributed by atoms with Crippen molar-refractivity contribution < 1.29 is 0 Å². The number of likely N-dealkylation sites (tertiary alicyclic amines) is 1. The number of imidazole rings is 1. The summed E-state index contributed by atoms with van der Waals surface area (Å²) in [5.74, 6) is 1.05. The Morgan fingerprint density at radius 1 is 1.00 bits per heavy atom. The highest BCUT2D eigenvalue weighted by Crippen LogP contribution is 2.32. The van der Waals surface area contributed by atoms with E-state index in [0.29, 0.717) is 12.6 Å². The van der Waals surface area contributed by atoms with Crippen LogP contribution >= 0.6 is 0 Å². The molecule has 1 aliphatic rings. The molecule has 0 amide bonds. The summed E-state index contributed by atoms with van der Waals surface area (Å²) in [4.78, 5) is 15.4. The molecule has 7 heteroatoms. The van der Waals surface area contributed by atoms with Crippen molar-refractivity contribution in [2.75, 3.05) is 13.1 Å². The molecule has 156 valence electrons. The Labute approximate surface area is 180 Å². The Kier molecular flexibility index (Phi) is 4.53. The van der Waals surface area contributed by atoms with Crippen molar-refractivity contribution in [1.29, 1.82) is 0 Å². The van der Waals surface area contributed by atoms with Crippen LogP contribution in [0.3, 0.4) is 0 Å². The number of aromatic nitrogens is 6. The molecule has 0 saturated carbocycles. The SMILES string of the molecule is c1ccc(CN2CCC(n3c(Cn4cccn4)nc4cnc5[nH]ccc5c43)CC2)cc1. The van der Waals surface area contributed by atoms with Crippen LogP contribution in [-0.2, 0) is 13.1 Å². The van der Waals surface area contributed by atoms with Gasteiger partial charge < -0.3 is 9.55 Å². The van der Waals surface area contributed by atoms with E-state index in [2.05, 4.69) is 60.9 Å². The van der Waals surface area contributed by atoms with E-state index in [0.717, 1.165) is 54.9 Å². The zero-order valence-corrected chi connectivity index (χ0v) is 17.4. The van der Waals surface area contributed by atoms with E-state index < -0.39 is 0 Å². The van der Waals surface area contributed by atoms with Crippen LogP contribution in [0.15, 0.2) is 67.3 Å². The molecule has 1 aliphatic heterocycles. The zero-order valence-electron chi connectivity index (χ0n) is 17.4. The second-order valence-corrected chi connectivity index (χ2v) is 8.33. The highest BCUT2D eigenvalue weighted by molar-refractivity contribution is 6.01. The minimum Gasteiger partial charge on any atom is -0.346 e. The highest BCUT2D eigenvalue weighted by Gasteiger charge is 2.26. The van der Waals surface area contributed by atoms with Crippen molar-refractivity contribution in [3.8, 4) is 0 Å². The van der Waals surface area contributed by atoms with Crippen LogP contribution in [-0.4, -0.2) is 47.3 Å². The van der Waals surface area contributed by atoms with Gasteiger partial charge in [-0.1, -0.05) is 30.3 Å². The first-order chi connectivity index (χ1) is 15.3. The van der Waals surface area contributed by atoms with E-state index in [1.807, 2.05) is 35.5 Å². The fourth-order valence-electron chi connectivity index (χ4n) is 4.86. The Morgan fingerprint density at radius 2 is 1.87 bits per heavy atom. The lowest BCUT2D eigenvalue weighted by Crippen LogP contribution is -2.34. The van der Waals surface area contributed by atoms with Crippen molar-refractivity contribution >= 4 is 22.1 Å². The monoisotopic (exact) mass is 411 g/mol. The average Bonchev–Trinajstić information content (AvgIpc) is 3.54. The molecule has 5 heterocycles. The number of rotatable bonds is 5. The lowest BCUT2D eigenvalue weighted by molar-refractivity contribution is 0.179. The number of fused-ring (bicyclic) bond motifs is 3. The number of benzene rings is 1. The van der Waals surface area contributed by atoms with Gasteiger partial charge in [-0.05, 0) is 30.5 Å². The lowest BCUT2D eigenvalue weighted by Gasteiger charge is -2.33. The predicted octanol–water partition coefficient (Wildman–Crippen LogP) is 3.99. The van der Waals surface area contributed by atoms with Crippen LogP contribution in [0.1, 0.15) is 30.3 Å². The predicted molar refractivity (Wildman–Crippen MR) is 121 cm³/mol. The molecule has 0 radical (unpaired) electrons. The Hall–Kier alpha value is -3.45. The van der Waals surface area contributed by atoms with Crippen molar-refractivity contribution in [3.63, 3.8) is 0 Å². The van der Waals surface area contributed by atoms with Gasteiger partial charge in [0.25, 0.3) is 0 Å². The Bertz CT molecular complexity index is 1290. The maximum atomic E-state index is 4.99. The molecule has 1 fully saturated rings. The summed E-state index contributed by atoms with van der Waals surface area (Å²) in [7, 11) is 0. The van der Waals surface area contributed by atoms with E-state index in [1.165, 1.54) is 11.1 Å². The van der Waals surface area contributed by atoms with Crippen LogP contribution in [0, 0.1) is 0 Å². The van der Waals surface area contributed by atoms with Crippen molar-refractivity contribution in [1.82, 2.24) is 34.2 Å². The molecular formula is C24H25N7. The molecule has 1 aromatic carbocycles. The molecule has 0 unspecified atom stereocenters. The van der Waals surface area contributed by atoms with Crippen molar-refractivity contribution in [2.24, 2.45) is 0 Å². The summed E-state index contributed by atoms with van der Waals surface area (Å²) in [6.45, 7) is 3.85. The van der Waals surface area contributed by atoms with Crippen LogP contribution in [0.5, 0.6) is 0 Å². The van der Waals surface area contributed by atoms with Gasteiger partial charge in [-0.15, -0.1) is 0 Å². The Balaban J connectivity index is 1.34. The first-order valence-electron chi connectivity index (χ1n) is 10.9. The maximum Gasteiger partial charge on any atom is 0.139 e. The van der Waals surface area contributed by atoms with E-state index >= 15 is 0 Å². The first kappa shape index (κ1) is 18.3. The van der Waals surface area contributed by atoms with Gasteiger partial charge in [0.2, 0.25) is 0 Å². The average molecular weight is 412 g/mol. The standard InChI is InChI=1S/C24H25N7/c1-2-5-18(6-3-1)16-29-13-8-19(9-14-29)31-22(17-30-12-4-10-27-30)28-21-15-26-24-20(23(21)31)7-11-25-24/h1-7,10-12,15,19H,8-9,13-14,16-17H2,(H,25,26). The second kappa shape index (κ2) is 7.67.